The number of ether oxygens (including phenoxy) is 1. The molecule has 2 unspecified atom stereocenters. The number of nitriles is 1. The predicted octanol–water partition coefficient (Wildman–Crippen LogP) is 6.41. The Labute approximate surface area is 644 Å². The molecule has 1 spiro atoms. The molecule has 3 heterocycles. The first-order chi connectivity index (χ1) is 51.9. The van der Waals surface area contributed by atoms with Gasteiger partial charge in [0.2, 0.25) is 70.9 Å². The van der Waals surface area contributed by atoms with E-state index in [1.54, 1.807) is 13.8 Å². The largest absolute Gasteiger partial charge is 0.397 e. The van der Waals surface area contributed by atoms with Crippen molar-refractivity contribution in [3.8, 4) is 6.07 Å². The Morgan fingerprint density at radius 2 is 1.22 bits per heavy atom. The lowest BCUT2D eigenvalue weighted by Gasteiger charge is -2.46. The number of alkyl halides is 6. The van der Waals surface area contributed by atoms with Crippen LogP contribution >= 0.6 is 0 Å². The zero-order valence-corrected chi connectivity index (χ0v) is 66.4. The number of nitrogens with one attached hydrogen (secondary N) is 3. The number of amides is 12. The highest BCUT2D eigenvalue weighted by Crippen LogP contribution is 2.45. The maximum Gasteiger partial charge on any atom is 0.397 e. The van der Waals surface area contributed by atoms with Gasteiger partial charge in [0, 0.05) is 88.4 Å². The van der Waals surface area contributed by atoms with Crippen LogP contribution in [0.5, 0.6) is 0 Å². The second-order valence-electron chi connectivity index (χ2n) is 33.3. The molecule has 26 nitrogen and oxygen atoms in total. The monoisotopic (exact) mass is 1560 g/mol. The van der Waals surface area contributed by atoms with Crippen LogP contribution in [0.4, 0.5) is 26.3 Å². The molecule has 8 aliphatic rings. The van der Waals surface area contributed by atoms with Crippen LogP contribution in [0, 0.1) is 52.8 Å². The minimum atomic E-state index is -5.19. The van der Waals surface area contributed by atoms with Gasteiger partial charge in [0.1, 0.15) is 78.3 Å². The van der Waals surface area contributed by atoms with Gasteiger partial charge in [-0.05, 0) is 171 Å². The molecule has 618 valence electrons. The van der Waals surface area contributed by atoms with Crippen molar-refractivity contribution in [3.63, 3.8) is 0 Å². The zero-order valence-electron chi connectivity index (χ0n) is 66.4. The molecule has 0 aromatic heterocycles. The van der Waals surface area contributed by atoms with Gasteiger partial charge in [-0.15, -0.1) is 0 Å². The smallest absolute Gasteiger partial charge is 0.377 e. The number of likely N-dealkylation sites (N-methyl/N-ethyl adjacent to an activating group) is 7. The minimum absolute atomic E-state index is 0.0244. The van der Waals surface area contributed by atoms with Gasteiger partial charge in [-0.2, -0.15) is 18.4 Å². The lowest BCUT2D eigenvalue weighted by molar-refractivity contribution is -0.219. The van der Waals surface area contributed by atoms with Crippen LogP contribution in [0.3, 0.4) is 0 Å². The molecule has 12 atom stereocenters. The van der Waals surface area contributed by atoms with Gasteiger partial charge in [0.25, 0.3) is 0 Å². The highest BCUT2D eigenvalue weighted by Gasteiger charge is 2.56. The molecular formula is C78H121F6N13O13. The van der Waals surface area contributed by atoms with Gasteiger partial charge in [-0.25, -0.2) is 13.2 Å². The lowest BCUT2D eigenvalue weighted by Crippen LogP contribution is -2.68. The first kappa shape index (κ1) is 88.2. The SMILES string of the molecule is CCO[C@@H]1C[C@H]2C(=O)NC3(CCC3)C(=O)N(C)[C@@H](C3CCCC3)C(=O)N(C)[C@H](C(=O)N(C)C)CC(=O)N(C)[C@@H](CC3CCC(C#N)CC3)C(=O)N[C@@H]([C@@H](C)CC)C(=O)N(C)CC(=O)N(C)[C@H]3CCCCCN(C3=O)[C@@H](CC3CCC(F)CC3)C(=O)N(C)CC(=O)N[C@@H](CCC3CC(F)C(C(F)(F)F)C(F)C3)C(=O)N2C1. The Balaban J connectivity index is 1.20. The second kappa shape index (κ2) is 38.9. The molecule has 3 saturated heterocycles. The number of carbonyl (C=O) groups is 12. The van der Waals surface area contributed by atoms with Gasteiger partial charge in [-0.1, -0.05) is 46.0 Å². The molecule has 5 aliphatic carbocycles. The Hall–Kier alpha value is -7.33. The van der Waals surface area contributed by atoms with E-state index in [0.717, 1.165) is 19.6 Å². The summed E-state index contributed by atoms with van der Waals surface area (Å²) in [6, 6.07) is -8.59. The molecule has 0 aromatic rings. The topological polar surface area (TPSA) is 303 Å². The summed E-state index contributed by atoms with van der Waals surface area (Å²) in [4.78, 5) is 194. The van der Waals surface area contributed by atoms with E-state index in [4.69, 9.17) is 4.74 Å². The van der Waals surface area contributed by atoms with Crippen molar-refractivity contribution in [3.05, 3.63) is 0 Å². The Morgan fingerprint density at radius 1 is 0.618 bits per heavy atom. The van der Waals surface area contributed by atoms with Crippen LogP contribution in [0.2, 0.25) is 0 Å². The van der Waals surface area contributed by atoms with Gasteiger partial charge in [0.05, 0.1) is 31.7 Å². The van der Waals surface area contributed by atoms with E-state index in [0.29, 0.717) is 96.3 Å². The Bertz CT molecular complexity index is 3290. The molecule has 12 amide bonds. The van der Waals surface area contributed by atoms with Gasteiger partial charge in [-0.3, -0.25) is 57.5 Å². The number of fused-ring (bicyclic) bond motifs is 3. The average molecular weight is 1560 g/mol. The van der Waals surface area contributed by atoms with Crippen LogP contribution in [0.1, 0.15) is 201 Å². The van der Waals surface area contributed by atoms with E-state index in [-0.39, 0.29) is 95.2 Å². The molecule has 110 heavy (non-hydrogen) atoms. The van der Waals surface area contributed by atoms with Gasteiger partial charge < -0.3 is 64.8 Å². The summed E-state index contributed by atoms with van der Waals surface area (Å²) in [5.41, 5.74) is -1.67. The van der Waals surface area contributed by atoms with Crippen LogP contribution in [-0.2, 0) is 62.3 Å². The fourth-order valence-electron chi connectivity index (χ4n) is 18.3. The molecule has 2 bridgehead atoms. The first-order valence-electron chi connectivity index (χ1n) is 40.2. The number of hydrogen-bond acceptors (Lipinski definition) is 14. The van der Waals surface area contributed by atoms with Crippen molar-refractivity contribution in [1.29, 1.82) is 5.26 Å². The molecule has 32 heteroatoms. The van der Waals surface area contributed by atoms with E-state index in [1.165, 1.54) is 80.9 Å². The normalized spacial score (nSPS) is 33.3. The van der Waals surface area contributed by atoms with Crippen molar-refractivity contribution in [1.82, 2.24) is 60.0 Å². The van der Waals surface area contributed by atoms with E-state index in [2.05, 4.69) is 22.0 Å². The standard InChI is InChI=1S/C78H121F6N13O13/c1-12-46(3)66-74(107)91(7)45-64(100)92(8)57-22-15-14-18-35-96(73(57)106)61(39-48-27-30-52(79)31-28-48)72(105)90(6)44-62(98)86-56(32-29-50-36-54(80)65(55(81)37-50)78(82,83)84)70(103)97-43-53(110-13-2)40-59(97)69(102)88-77(33-19-34-77)76(109)95(11)67(51-20-16-17-21-51)75(108)94(10)60(71(104)89(4)5)41-63(99)93(9)58(68(101)87-66)38-47-23-25-49(42-85)26-24-47/h46-61,65-67H,12-41,43-45H2,1-11H3,(H,86,98)(H,87,101)(H,88,102)/t46-,47?,48?,49?,50?,52?,53+,54?,55?,56-,57-,58-,59-,60-,61-,65?,66-,67-/m0/s1. The fourth-order valence-corrected chi connectivity index (χ4v) is 18.3. The molecule has 0 radical (unpaired) electrons. The molecule has 8 rings (SSSR count). The zero-order chi connectivity index (χ0) is 81.0. The van der Waals surface area contributed by atoms with Crippen LogP contribution in [-0.4, -0.2) is 289 Å². The quantitative estimate of drug-likeness (QED) is 0.168. The van der Waals surface area contributed by atoms with E-state index in [1.807, 2.05) is 6.92 Å². The maximum absolute atomic E-state index is 15.6. The molecule has 3 aliphatic heterocycles. The van der Waals surface area contributed by atoms with E-state index in [9.17, 15) is 37.2 Å². The predicted molar refractivity (Wildman–Crippen MR) is 393 cm³/mol. The Kier molecular flexibility index (Phi) is 31.2. The third kappa shape index (κ3) is 21.3. The molecule has 0 aromatic carbocycles. The number of halogens is 6. The summed E-state index contributed by atoms with van der Waals surface area (Å²) in [5.74, 6) is -14.5. The summed E-state index contributed by atoms with van der Waals surface area (Å²) in [6.07, 6.45) is -7.11. The summed E-state index contributed by atoms with van der Waals surface area (Å²) >= 11 is 0. The lowest BCUT2D eigenvalue weighted by atomic mass is 9.74. The number of nitrogens with zero attached hydrogens (tertiary/aromatic N) is 10. The van der Waals surface area contributed by atoms with Gasteiger partial charge in [0.15, 0.2) is 0 Å². The van der Waals surface area contributed by atoms with Gasteiger partial charge >= 0.3 is 6.18 Å². The van der Waals surface area contributed by atoms with Crippen molar-refractivity contribution < 1.29 is 88.6 Å². The maximum atomic E-state index is 15.6. The molecule has 5 saturated carbocycles. The van der Waals surface area contributed by atoms with Crippen molar-refractivity contribution in [2.45, 2.75) is 285 Å². The summed E-state index contributed by atoms with van der Waals surface area (Å²) in [5, 5.41) is 18.4. The first-order valence-corrected chi connectivity index (χ1v) is 40.2. The van der Waals surface area contributed by atoms with Crippen LogP contribution < -0.4 is 16.0 Å². The number of rotatable bonds is 13. The van der Waals surface area contributed by atoms with Crippen molar-refractivity contribution in [2.75, 3.05) is 89.2 Å². The third-order valence-electron chi connectivity index (χ3n) is 25.6. The minimum Gasteiger partial charge on any atom is -0.377 e. The molecule has 8 fully saturated rings. The number of carbonyl (C=O) groups excluding carboxylic acids is 12. The highest BCUT2D eigenvalue weighted by atomic mass is 19.4. The van der Waals surface area contributed by atoms with E-state index < -0.39 is 218 Å². The fraction of sp³-hybridized carbons (Fsp3) is 0.833. The van der Waals surface area contributed by atoms with Crippen LogP contribution in [0.15, 0.2) is 0 Å². The summed E-state index contributed by atoms with van der Waals surface area (Å²) in [7, 11) is 11.2. The number of hydrogen-bond donors (Lipinski definition) is 3. The summed E-state index contributed by atoms with van der Waals surface area (Å²) < 4.78 is 93.8. The van der Waals surface area contributed by atoms with E-state index >= 15 is 51.9 Å². The molecular weight excluding hydrogens is 1440 g/mol. The highest BCUT2D eigenvalue weighted by molar-refractivity contribution is 6.01. The molecule has 3 N–H and O–H groups in total. The van der Waals surface area contributed by atoms with Crippen LogP contribution in [0.25, 0.3) is 0 Å². The second-order valence-corrected chi connectivity index (χ2v) is 33.3. The van der Waals surface area contributed by atoms with Crippen molar-refractivity contribution in [2.24, 2.45) is 41.4 Å². The third-order valence-corrected chi connectivity index (χ3v) is 25.6. The summed E-state index contributed by atoms with van der Waals surface area (Å²) in [6.45, 7) is 3.75. The Morgan fingerprint density at radius 3 is 1.79 bits per heavy atom. The van der Waals surface area contributed by atoms with Crippen molar-refractivity contribution >= 4 is 70.9 Å². The average Bonchev–Trinajstić information content (AvgIpc) is 1.15.